The molecule has 1 N–H and O–H groups in total. The summed E-state index contributed by atoms with van der Waals surface area (Å²) in [6.07, 6.45) is 0. The molecule has 0 saturated carbocycles. The average molecular weight is 466 g/mol. The zero-order valence-electron chi connectivity index (χ0n) is 12.1. The molecule has 0 aliphatic rings. The number of hydrogen-bond donors (Lipinski definition) is 1. The van der Waals surface area contributed by atoms with Crippen LogP contribution in [0.2, 0.25) is 0 Å². The summed E-state index contributed by atoms with van der Waals surface area (Å²) in [4.78, 5) is 17.8. The summed E-state index contributed by atoms with van der Waals surface area (Å²) < 4.78 is 31.3. The molecule has 0 aliphatic heterocycles. The Balaban J connectivity index is 0.000000300. The highest BCUT2D eigenvalue weighted by Gasteiger charge is 2.21. The summed E-state index contributed by atoms with van der Waals surface area (Å²) in [7, 11) is -4.72. The predicted molar refractivity (Wildman–Crippen MR) is 93.5 cm³/mol. The summed E-state index contributed by atoms with van der Waals surface area (Å²) in [6, 6.07) is 10.1. The Kier molecular flexibility index (Phi) is 6.74. The minimum absolute atomic E-state index is 0.530. The van der Waals surface area contributed by atoms with E-state index in [-0.39, 0.29) is 0 Å². The van der Waals surface area contributed by atoms with Gasteiger partial charge in [0.25, 0.3) is 21.5 Å². The second-order valence-electron chi connectivity index (χ2n) is 4.47. The van der Waals surface area contributed by atoms with E-state index in [1.54, 1.807) is 0 Å². The van der Waals surface area contributed by atoms with Gasteiger partial charge in [-0.05, 0) is 41.6 Å². The fourth-order valence-corrected chi connectivity index (χ4v) is 2.36. The third-order valence-electron chi connectivity index (χ3n) is 2.61. The SMILES string of the molecule is Cc1ccc(I)cc1.O=[N+]([O-])c1cc([N+](=O)[O-])cc(S(=O)(=O)O)c1. The second-order valence-corrected chi connectivity index (χ2v) is 7.14. The van der Waals surface area contributed by atoms with Crippen molar-refractivity contribution in [3.05, 3.63) is 71.8 Å². The number of nitro groups is 2. The Labute approximate surface area is 150 Å². The van der Waals surface area contributed by atoms with Gasteiger partial charge in [-0.25, -0.2) is 0 Å². The van der Waals surface area contributed by atoms with Gasteiger partial charge in [0.2, 0.25) is 0 Å². The molecule has 0 unspecified atom stereocenters. The second kappa shape index (κ2) is 8.12. The van der Waals surface area contributed by atoms with Crippen molar-refractivity contribution in [2.45, 2.75) is 11.8 Å². The minimum Gasteiger partial charge on any atom is -0.282 e. The summed E-state index contributed by atoms with van der Waals surface area (Å²) in [5, 5.41) is 20.7. The lowest BCUT2D eigenvalue weighted by Crippen LogP contribution is -2.01. The van der Waals surface area contributed by atoms with Crippen LogP contribution in [0.4, 0.5) is 11.4 Å². The minimum atomic E-state index is -4.72. The van der Waals surface area contributed by atoms with Crippen LogP contribution in [-0.4, -0.2) is 22.8 Å². The van der Waals surface area contributed by atoms with Crippen LogP contribution in [0.15, 0.2) is 47.4 Å². The van der Waals surface area contributed by atoms with Crippen LogP contribution in [0, 0.1) is 30.7 Å². The molecule has 24 heavy (non-hydrogen) atoms. The highest BCUT2D eigenvalue weighted by Crippen LogP contribution is 2.25. The van der Waals surface area contributed by atoms with Crippen molar-refractivity contribution in [1.82, 2.24) is 0 Å². The van der Waals surface area contributed by atoms with Crippen molar-refractivity contribution in [1.29, 1.82) is 0 Å². The van der Waals surface area contributed by atoms with Crippen molar-refractivity contribution in [3.8, 4) is 0 Å². The molecule has 0 bridgehead atoms. The van der Waals surface area contributed by atoms with Gasteiger partial charge >= 0.3 is 0 Å². The van der Waals surface area contributed by atoms with Gasteiger partial charge in [-0.2, -0.15) is 8.42 Å². The molecular weight excluding hydrogens is 455 g/mol. The number of aryl methyl sites for hydroxylation is 1. The van der Waals surface area contributed by atoms with Crippen molar-refractivity contribution in [2.24, 2.45) is 0 Å². The molecule has 11 heteroatoms. The van der Waals surface area contributed by atoms with Gasteiger partial charge in [-0.15, -0.1) is 0 Å². The highest BCUT2D eigenvalue weighted by atomic mass is 127. The van der Waals surface area contributed by atoms with Gasteiger partial charge in [0, 0.05) is 15.7 Å². The number of benzene rings is 2. The van der Waals surface area contributed by atoms with Crippen molar-refractivity contribution < 1.29 is 22.8 Å². The Morgan fingerprint density at radius 2 is 1.38 bits per heavy atom. The fraction of sp³-hybridized carbons (Fsp3) is 0.0769. The molecule has 0 heterocycles. The van der Waals surface area contributed by atoms with Crippen LogP contribution in [0.3, 0.4) is 0 Å². The molecule has 0 spiro atoms. The van der Waals surface area contributed by atoms with E-state index >= 15 is 0 Å². The van der Waals surface area contributed by atoms with Gasteiger partial charge in [0.15, 0.2) is 0 Å². The molecule has 0 saturated heterocycles. The molecule has 2 aromatic carbocycles. The molecule has 0 radical (unpaired) electrons. The van der Waals surface area contributed by atoms with Crippen LogP contribution >= 0.6 is 22.6 Å². The highest BCUT2D eigenvalue weighted by molar-refractivity contribution is 14.1. The van der Waals surface area contributed by atoms with Crippen molar-refractivity contribution >= 4 is 44.1 Å². The maximum atomic E-state index is 10.7. The topological polar surface area (TPSA) is 141 Å². The first-order valence-electron chi connectivity index (χ1n) is 6.14. The first-order valence-corrected chi connectivity index (χ1v) is 8.66. The van der Waals surface area contributed by atoms with Gasteiger partial charge < -0.3 is 0 Å². The summed E-state index contributed by atoms with van der Waals surface area (Å²) >= 11 is 2.30. The zero-order chi connectivity index (χ0) is 18.5. The first kappa shape index (κ1) is 19.9. The zero-order valence-corrected chi connectivity index (χ0v) is 15.1. The van der Waals surface area contributed by atoms with Gasteiger partial charge in [0.05, 0.1) is 15.9 Å². The quantitative estimate of drug-likeness (QED) is 0.317. The molecule has 2 aromatic rings. The molecular formula is C13H11IN2O7S. The number of nitro benzene ring substituents is 2. The van der Waals surface area contributed by atoms with Crippen LogP contribution in [0.5, 0.6) is 0 Å². The van der Waals surface area contributed by atoms with E-state index in [0.29, 0.717) is 18.2 Å². The Morgan fingerprint density at radius 1 is 0.958 bits per heavy atom. The molecule has 9 nitrogen and oxygen atoms in total. The number of rotatable bonds is 3. The third kappa shape index (κ3) is 6.17. The largest absolute Gasteiger partial charge is 0.295 e. The van der Waals surface area contributed by atoms with Gasteiger partial charge in [-0.3, -0.25) is 24.8 Å². The van der Waals surface area contributed by atoms with Crippen LogP contribution in [-0.2, 0) is 10.1 Å². The first-order chi connectivity index (χ1) is 11.0. The van der Waals surface area contributed by atoms with Crippen molar-refractivity contribution in [2.75, 3.05) is 0 Å². The summed E-state index contributed by atoms with van der Waals surface area (Å²) in [5.41, 5.74) is -0.255. The lowest BCUT2D eigenvalue weighted by molar-refractivity contribution is -0.394. The number of nitrogens with zero attached hydrogens (tertiary/aromatic N) is 2. The Bertz CT molecular complexity index is 813. The van der Waals surface area contributed by atoms with Gasteiger partial charge in [-0.1, -0.05) is 17.7 Å². The van der Waals surface area contributed by atoms with E-state index in [9.17, 15) is 28.6 Å². The maximum Gasteiger partial charge on any atom is 0.295 e. The van der Waals surface area contributed by atoms with E-state index in [1.165, 1.54) is 9.13 Å². The van der Waals surface area contributed by atoms with Gasteiger partial charge in [0.1, 0.15) is 4.90 Å². The molecule has 0 aliphatic carbocycles. The monoisotopic (exact) mass is 466 g/mol. The molecule has 128 valence electrons. The molecule has 0 atom stereocenters. The Hall–Kier alpha value is -2.12. The molecule has 0 amide bonds. The molecule has 0 aromatic heterocycles. The normalized spacial score (nSPS) is 10.5. The lowest BCUT2D eigenvalue weighted by Gasteiger charge is -1.97. The summed E-state index contributed by atoms with van der Waals surface area (Å²) in [5.74, 6) is 0. The van der Waals surface area contributed by atoms with E-state index in [2.05, 4.69) is 53.8 Å². The number of non-ortho nitro benzene ring substituents is 2. The van der Waals surface area contributed by atoms with E-state index in [4.69, 9.17) is 4.55 Å². The lowest BCUT2D eigenvalue weighted by atomic mass is 10.2. The van der Waals surface area contributed by atoms with Crippen LogP contribution in [0.25, 0.3) is 0 Å². The standard InChI is InChI=1S/C7H7I.C6H4N2O7S/c1-6-2-4-7(8)5-3-6;9-7(10)4-1-5(8(11)12)3-6(2-4)16(13,14)15/h2-5H,1H3;1-3H,(H,13,14,15). The van der Waals surface area contributed by atoms with E-state index in [1.807, 2.05) is 0 Å². The predicted octanol–water partition coefficient (Wildman–Crippen LogP) is 3.35. The number of halogens is 1. The fourth-order valence-electron chi connectivity index (χ4n) is 1.46. The maximum absolute atomic E-state index is 10.7. The van der Waals surface area contributed by atoms with Crippen molar-refractivity contribution in [3.63, 3.8) is 0 Å². The average Bonchev–Trinajstić information content (AvgIpc) is 2.49. The van der Waals surface area contributed by atoms with Crippen LogP contribution in [0.1, 0.15) is 5.56 Å². The van der Waals surface area contributed by atoms with Crippen LogP contribution < -0.4 is 0 Å². The smallest absolute Gasteiger partial charge is 0.282 e. The van der Waals surface area contributed by atoms with E-state index in [0.717, 1.165) is 0 Å². The van der Waals surface area contributed by atoms with E-state index < -0.39 is 36.2 Å². The summed E-state index contributed by atoms with van der Waals surface area (Å²) in [6.45, 7) is 2.09. The molecule has 0 fully saturated rings. The third-order valence-corrected chi connectivity index (χ3v) is 4.16. The Morgan fingerprint density at radius 3 is 1.67 bits per heavy atom. The number of hydrogen-bond acceptors (Lipinski definition) is 6. The molecule has 2 rings (SSSR count).